The maximum Gasteiger partial charge on any atom is 0.269 e. The van der Waals surface area contributed by atoms with Gasteiger partial charge in [0.2, 0.25) is 0 Å². The molecule has 1 aliphatic carbocycles. The fraction of sp³-hybridized carbons (Fsp3) is 0.121. The van der Waals surface area contributed by atoms with Gasteiger partial charge in [-0.05, 0) is 41.5 Å². The molecule has 3 aliphatic rings. The highest BCUT2D eigenvalue weighted by atomic mass is 35.5. The number of halogens is 1. The van der Waals surface area contributed by atoms with Crippen molar-refractivity contribution in [3.05, 3.63) is 146 Å². The number of non-ortho nitro benzene ring substituents is 1. The van der Waals surface area contributed by atoms with Gasteiger partial charge >= 0.3 is 0 Å². The number of Topliss-reactive ketones (excluding diaryl/α,β-unsaturated/α-hetero) is 3. The first kappa shape index (κ1) is 25.1. The Bertz CT molecular complexity index is 1780. The summed E-state index contributed by atoms with van der Waals surface area (Å²) in [7, 11) is 0. The molecule has 3 atom stereocenters. The van der Waals surface area contributed by atoms with Crippen molar-refractivity contribution in [3.8, 4) is 0 Å². The number of carbonyl (C=O) groups excluding carboxylic acids is 3. The lowest BCUT2D eigenvalue weighted by Gasteiger charge is -2.37. The van der Waals surface area contributed by atoms with E-state index >= 15 is 0 Å². The molecule has 2 heterocycles. The number of para-hydroxylation sites is 1. The standard InChI is InChI=1S/C33H21ClN2O5/c34-22-14-9-20(10-15-22)28-29(30(37)21-11-16-23(17-12-21)36(40)41)35-26-8-4-1-5-19(26)13-18-27(35)33(28)31(38)24-6-2-3-7-25(24)32(33)39/h1-18,27-29H/t27-,28+,29-/m0/s1. The zero-order chi connectivity index (χ0) is 28.5. The minimum atomic E-state index is -1.62. The van der Waals surface area contributed by atoms with E-state index in [9.17, 15) is 24.5 Å². The maximum atomic E-state index is 14.6. The summed E-state index contributed by atoms with van der Waals surface area (Å²) in [6.45, 7) is 0. The number of nitro groups is 1. The molecule has 1 fully saturated rings. The van der Waals surface area contributed by atoms with E-state index in [4.69, 9.17) is 11.6 Å². The second kappa shape index (κ2) is 9.08. The van der Waals surface area contributed by atoms with E-state index in [0.29, 0.717) is 21.7 Å². The molecule has 41 heavy (non-hydrogen) atoms. The first-order valence-electron chi connectivity index (χ1n) is 13.1. The SMILES string of the molecule is O=C(c1ccc([N+](=O)[O-])cc1)[C@@H]1[C@@H](c2ccc(Cl)cc2)C2(C(=O)c3ccccc3C2=O)[C@@H]2C=Cc3ccccc3N12. The lowest BCUT2D eigenvalue weighted by molar-refractivity contribution is -0.384. The van der Waals surface area contributed by atoms with Crippen LogP contribution in [0.15, 0.2) is 103 Å². The van der Waals surface area contributed by atoms with Crippen molar-refractivity contribution < 1.29 is 19.3 Å². The number of nitrogens with zero attached hydrogens (tertiary/aromatic N) is 2. The number of benzene rings is 4. The van der Waals surface area contributed by atoms with Crippen LogP contribution in [0, 0.1) is 15.5 Å². The molecule has 0 unspecified atom stereocenters. The second-order valence-electron chi connectivity index (χ2n) is 10.5. The van der Waals surface area contributed by atoms with Gasteiger partial charge in [-0.2, -0.15) is 0 Å². The number of nitro benzene ring substituents is 1. The lowest BCUT2D eigenvalue weighted by atomic mass is 9.64. The van der Waals surface area contributed by atoms with Crippen molar-refractivity contribution in [1.82, 2.24) is 0 Å². The van der Waals surface area contributed by atoms with Gasteiger partial charge in [0.05, 0.1) is 11.0 Å². The Balaban J connectivity index is 1.52. The molecule has 0 radical (unpaired) electrons. The van der Waals surface area contributed by atoms with Crippen molar-refractivity contribution in [3.63, 3.8) is 0 Å². The zero-order valence-electron chi connectivity index (χ0n) is 21.4. The highest BCUT2D eigenvalue weighted by Gasteiger charge is 2.71. The van der Waals surface area contributed by atoms with Gasteiger partial charge in [0.25, 0.3) is 5.69 Å². The zero-order valence-corrected chi connectivity index (χ0v) is 22.2. The summed E-state index contributed by atoms with van der Waals surface area (Å²) in [5.74, 6) is -1.87. The molecule has 200 valence electrons. The van der Waals surface area contributed by atoms with Crippen LogP contribution in [0.3, 0.4) is 0 Å². The van der Waals surface area contributed by atoms with Crippen LogP contribution in [0.2, 0.25) is 5.02 Å². The third-order valence-electron chi connectivity index (χ3n) is 8.57. The van der Waals surface area contributed by atoms with Gasteiger partial charge in [0, 0.05) is 45.5 Å². The number of hydrogen-bond donors (Lipinski definition) is 0. The molecule has 0 amide bonds. The summed E-state index contributed by atoms with van der Waals surface area (Å²) < 4.78 is 0. The van der Waals surface area contributed by atoms with E-state index in [1.807, 2.05) is 41.3 Å². The van der Waals surface area contributed by atoms with Crippen LogP contribution in [0.25, 0.3) is 6.08 Å². The van der Waals surface area contributed by atoms with Crippen LogP contribution in [0.4, 0.5) is 11.4 Å². The minimum absolute atomic E-state index is 0.139. The molecule has 0 aromatic heterocycles. The van der Waals surface area contributed by atoms with Crippen LogP contribution in [0.5, 0.6) is 0 Å². The first-order valence-corrected chi connectivity index (χ1v) is 13.5. The van der Waals surface area contributed by atoms with Gasteiger partial charge in [0.1, 0.15) is 11.5 Å². The average Bonchev–Trinajstić information content (AvgIpc) is 3.43. The van der Waals surface area contributed by atoms with Crippen molar-refractivity contribution in [2.24, 2.45) is 5.41 Å². The van der Waals surface area contributed by atoms with E-state index in [2.05, 4.69) is 0 Å². The lowest BCUT2D eigenvalue weighted by Crippen LogP contribution is -2.48. The monoisotopic (exact) mass is 560 g/mol. The summed E-state index contributed by atoms with van der Waals surface area (Å²) >= 11 is 6.25. The average molecular weight is 561 g/mol. The molecular weight excluding hydrogens is 540 g/mol. The number of anilines is 1. The summed E-state index contributed by atoms with van der Waals surface area (Å²) in [6, 6.07) is 25.0. The van der Waals surface area contributed by atoms with Crippen LogP contribution in [0.1, 0.15) is 48.1 Å². The number of hydrogen-bond acceptors (Lipinski definition) is 6. The number of fused-ring (bicyclic) bond motifs is 5. The van der Waals surface area contributed by atoms with Gasteiger partial charge in [0.15, 0.2) is 17.3 Å². The molecular formula is C33H21ClN2O5. The summed E-state index contributed by atoms with van der Waals surface area (Å²) in [5, 5.41) is 11.8. The fourth-order valence-corrected chi connectivity index (χ4v) is 7.00. The van der Waals surface area contributed by atoms with Crippen molar-refractivity contribution >= 4 is 46.4 Å². The molecule has 0 bridgehead atoms. The Morgan fingerprint density at radius 1 is 0.829 bits per heavy atom. The quantitative estimate of drug-likeness (QED) is 0.121. The van der Waals surface area contributed by atoms with Gasteiger partial charge in [-0.25, -0.2) is 0 Å². The van der Waals surface area contributed by atoms with Gasteiger partial charge < -0.3 is 4.90 Å². The van der Waals surface area contributed by atoms with Gasteiger partial charge in [-0.1, -0.05) is 78.4 Å². The molecule has 8 heteroatoms. The summed E-state index contributed by atoms with van der Waals surface area (Å²) in [6.07, 6.45) is 3.76. The van der Waals surface area contributed by atoms with Crippen LogP contribution >= 0.6 is 11.6 Å². The van der Waals surface area contributed by atoms with E-state index in [0.717, 1.165) is 11.3 Å². The molecule has 7 rings (SSSR count). The normalized spacial score (nSPS) is 21.5. The second-order valence-corrected chi connectivity index (χ2v) is 10.9. The molecule has 4 aromatic carbocycles. The van der Waals surface area contributed by atoms with E-state index < -0.39 is 28.3 Å². The minimum Gasteiger partial charge on any atom is -0.352 e. The van der Waals surface area contributed by atoms with Crippen molar-refractivity contribution in [2.75, 3.05) is 4.90 Å². The molecule has 7 nitrogen and oxygen atoms in total. The summed E-state index contributed by atoms with van der Waals surface area (Å²) in [4.78, 5) is 56.4. The van der Waals surface area contributed by atoms with Crippen molar-refractivity contribution in [2.45, 2.75) is 18.0 Å². The van der Waals surface area contributed by atoms with E-state index in [1.54, 1.807) is 48.5 Å². The highest BCUT2D eigenvalue weighted by Crippen LogP contribution is 2.61. The number of rotatable bonds is 4. The van der Waals surface area contributed by atoms with Crippen LogP contribution < -0.4 is 4.90 Å². The third-order valence-corrected chi connectivity index (χ3v) is 8.83. The Morgan fingerprint density at radius 3 is 2.07 bits per heavy atom. The van der Waals surface area contributed by atoms with Crippen molar-refractivity contribution in [1.29, 1.82) is 0 Å². The first-order chi connectivity index (χ1) is 19.8. The van der Waals surface area contributed by atoms with Gasteiger partial charge in [-0.3, -0.25) is 24.5 Å². The fourth-order valence-electron chi connectivity index (χ4n) is 6.88. The Hall–Kier alpha value is -4.88. The highest BCUT2D eigenvalue weighted by molar-refractivity contribution is 6.32. The van der Waals surface area contributed by atoms with E-state index in [1.165, 1.54) is 24.3 Å². The largest absolute Gasteiger partial charge is 0.352 e. The molecule has 1 spiro atoms. The molecule has 2 aliphatic heterocycles. The summed E-state index contributed by atoms with van der Waals surface area (Å²) in [5.41, 5.74) is 1.38. The molecule has 4 aromatic rings. The third kappa shape index (κ3) is 3.42. The maximum absolute atomic E-state index is 14.6. The molecule has 0 N–H and O–H groups in total. The number of ketones is 3. The van der Waals surface area contributed by atoms with Crippen LogP contribution in [-0.2, 0) is 0 Å². The smallest absolute Gasteiger partial charge is 0.269 e. The molecule has 0 saturated carbocycles. The van der Waals surface area contributed by atoms with Crippen LogP contribution in [-0.4, -0.2) is 34.4 Å². The Kier molecular flexibility index (Phi) is 5.56. The Labute approximate surface area is 239 Å². The number of carbonyl (C=O) groups is 3. The Morgan fingerprint density at radius 2 is 1.44 bits per heavy atom. The van der Waals surface area contributed by atoms with E-state index in [-0.39, 0.29) is 28.6 Å². The molecule has 1 saturated heterocycles. The van der Waals surface area contributed by atoms with Gasteiger partial charge in [-0.15, -0.1) is 0 Å². The topological polar surface area (TPSA) is 97.6 Å². The predicted octanol–water partition coefficient (Wildman–Crippen LogP) is 6.56. The predicted molar refractivity (Wildman–Crippen MR) is 155 cm³/mol.